The largest absolute Gasteiger partial charge is 0.492 e. The van der Waals surface area contributed by atoms with Gasteiger partial charge >= 0.3 is 0 Å². The average Bonchev–Trinajstić information content (AvgIpc) is 2.61. The van der Waals surface area contributed by atoms with Crippen LogP contribution in [0.2, 0.25) is 5.02 Å². The van der Waals surface area contributed by atoms with E-state index in [1.54, 1.807) is 36.4 Å². The van der Waals surface area contributed by atoms with Crippen molar-refractivity contribution >= 4 is 27.5 Å². The van der Waals surface area contributed by atoms with Gasteiger partial charge in [-0.05, 0) is 49.0 Å². The first-order valence-electron chi connectivity index (χ1n) is 8.19. The molecule has 7 nitrogen and oxygen atoms in total. The van der Waals surface area contributed by atoms with E-state index < -0.39 is 10.0 Å². The van der Waals surface area contributed by atoms with Crippen molar-refractivity contribution in [2.24, 2.45) is 5.14 Å². The molecular weight excluding hydrogens is 390 g/mol. The summed E-state index contributed by atoms with van der Waals surface area (Å²) >= 11 is 5.81. The van der Waals surface area contributed by atoms with Gasteiger partial charge in [-0.25, -0.2) is 13.6 Å². The molecule has 0 unspecified atom stereocenters. The highest BCUT2D eigenvalue weighted by atomic mass is 35.5. The fourth-order valence-electron chi connectivity index (χ4n) is 2.23. The van der Waals surface area contributed by atoms with Crippen LogP contribution in [0.15, 0.2) is 53.4 Å². The smallest absolute Gasteiger partial charge is 0.238 e. The van der Waals surface area contributed by atoms with Crippen LogP contribution < -0.4 is 15.2 Å². The number of likely N-dealkylation sites (N-methyl/N-ethyl adjacent to an activating group) is 1. The monoisotopic (exact) mass is 411 g/mol. The number of nitrogens with zero attached hydrogens (tertiary/aromatic N) is 1. The Kier molecular flexibility index (Phi) is 7.61. The summed E-state index contributed by atoms with van der Waals surface area (Å²) in [4.78, 5) is 13.9. The number of primary sulfonamides is 1. The molecule has 9 heteroatoms. The molecule has 0 heterocycles. The molecule has 0 saturated heterocycles. The maximum Gasteiger partial charge on any atom is 0.238 e. The van der Waals surface area contributed by atoms with E-state index in [2.05, 4.69) is 5.32 Å². The second-order valence-corrected chi connectivity index (χ2v) is 8.00. The standard InChI is InChI=1S/C18H22ClN3O4S/c1-22(10-11-26-16-6-4-15(19)5-7-16)13-18(23)21-12-14-2-8-17(9-3-14)27(20,24)25/h2-9H,10-13H2,1H3,(H,21,23)(H2,20,24,25). The Hall–Kier alpha value is -2.13. The Morgan fingerprint density at radius 2 is 1.78 bits per heavy atom. The lowest BCUT2D eigenvalue weighted by Crippen LogP contribution is -2.36. The van der Waals surface area contributed by atoms with Gasteiger partial charge in [0.2, 0.25) is 15.9 Å². The first kappa shape index (κ1) is 21.2. The Morgan fingerprint density at radius 3 is 2.37 bits per heavy atom. The van der Waals surface area contributed by atoms with Gasteiger partial charge in [0.15, 0.2) is 0 Å². The molecule has 2 aromatic carbocycles. The average molecular weight is 412 g/mol. The van der Waals surface area contributed by atoms with Gasteiger partial charge in [-0.15, -0.1) is 0 Å². The summed E-state index contributed by atoms with van der Waals surface area (Å²) in [6.45, 7) is 1.55. The highest BCUT2D eigenvalue weighted by molar-refractivity contribution is 7.89. The lowest BCUT2D eigenvalue weighted by molar-refractivity contribution is -0.122. The number of hydrogen-bond donors (Lipinski definition) is 2. The molecule has 0 spiro atoms. The van der Waals surface area contributed by atoms with Crippen molar-refractivity contribution in [3.63, 3.8) is 0 Å². The lowest BCUT2D eigenvalue weighted by atomic mass is 10.2. The van der Waals surface area contributed by atoms with E-state index in [4.69, 9.17) is 21.5 Å². The van der Waals surface area contributed by atoms with Crippen LogP contribution in [0, 0.1) is 0 Å². The molecule has 2 rings (SSSR count). The van der Waals surface area contributed by atoms with Crippen LogP contribution in [0.3, 0.4) is 0 Å². The van der Waals surface area contributed by atoms with E-state index in [1.807, 2.05) is 11.9 Å². The van der Waals surface area contributed by atoms with Crippen molar-refractivity contribution in [1.29, 1.82) is 0 Å². The van der Waals surface area contributed by atoms with Gasteiger partial charge in [0.05, 0.1) is 11.4 Å². The first-order chi connectivity index (χ1) is 12.7. The van der Waals surface area contributed by atoms with Crippen molar-refractivity contribution in [3.05, 3.63) is 59.1 Å². The number of nitrogens with two attached hydrogens (primary N) is 1. The number of nitrogens with one attached hydrogen (secondary N) is 1. The maximum atomic E-state index is 12.0. The van der Waals surface area contributed by atoms with E-state index in [9.17, 15) is 13.2 Å². The third-order valence-corrected chi connectivity index (χ3v) is 4.89. The summed E-state index contributed by atoms with van der Waals surface area (Å²) in [6, 6.07) is 13.1. The number of rotatable bonds is 9. The minimum atomic E-state index is -3.71. The molecule has 146 valence electrons. The summed E-state index contributed by atoms with van der Waals surface area (Å²) in [5, 5.41) is 8.48. The fraction of sp³-hybridized carbons (Fsp3) is 0.278. The lowest BCUT2D eigenvalue weighted by Gasteiger charge is -2.16. The molecule has 3 N–H and O–H groups in total. The van der Waals surface area contributed by atoms with Gasteiger partial charge in [0.25, 0.3) is 0 Å². The molecule has 0 atom stereocenters. The molecule has 2 aromatic rings. The maximum absolute atomic E-state index is 12.0. The molecule has 27 heavy (non-hydrogen) atoms. The summed E-state index contributed by atoms with van der Waals surface area (Å²) in [5.41, 5.74) is 0.782. The Labute approximate surface area is 164 Å². The van der Waals surface area contributed by atoms with Gasteiger partial charge in [0, 0.05) is 18.1 Å². The number of carbonyl (C=O) groups is 1. The number of halogens is 1. The minimum Gasteiger partial charge on any atom is -0.492 e. The van der Waals surface area contributed by atoms with Gasteiger partial charge in [-0.3, -0.25) is 9.69 Å². The van der Waals surface area contributed by atoms with Crippen molar-refractivity contribution in [1.82, 2.24) is 10.2 Å². The van der Waals surface area contributed by atoms with E-state index in [0.29, 0.717) is 24.7 Å². The van der Waals surface area contributed by atoms with Crippen molar-refractivity contribution in [2.75, 3.05) is 26.7 Å². The number of carbonyl (C=O) groups excluding carboxylic acids is 1. The Morgan fingerprint density at radius 1 is 1.15 bits per heavy atom. The SMILES string of the molecule is CN(CCOc1ccc(Cl)cc1)CC(=O)NCc1ccc(S(N)(=O)=O)cc1. The van der Waals surface area contributed by atoms with Gasteiger partial charge in [0.1, 0.15) is 12.4 Å². The molecule has 0 aliphatic heterocycles. The zero-order chi connectivity index (χ0) is 19.9. The van der Waals surface area contributed by atoms with Crippen molar-refractivity contribution < 1.29 is 17.9 Å². The predicted octanol–water partition coefficient (Wildman–Crippen LogP) is 1.61. The Balaban J connectivity index is 1.69. The minimum absolute atomic E-state index is 0.0398. The van der Waals surface area contributed by atoms with E-state index in [0.717, 1.165) is 11.3 Å². The third-order valence-electron chi connectivity index (χ3n) is 3.71. The molecule has 0 aliphatic rings. The number of sulfonamides is 1. The summed E-state index contributed by atoms with van der Waals surface area (Å²) < 4.78 is 28.0. The molecular formula is C18H22ClN3O4S. The molecule has 0 bridgehead atoms. The summed E-state index contributed by atoms with van der Waals surface area (Å²) in [5.74, 6) is 0.583. The topological polar surface area (TPSA) is 102 Å². The van der Waals surface area contributed by atoms with Crippen LogP contribution in [0.25, 0.3) is 0 Å². The summed E-state index contributed by atoms with van der Waals surface area (Å²) in [6.07, 6.45) is 0. The summed E-state index contributed by atoms with van der Waals surface area (Å²) in [7, 11) is -1.89. The zero-order valence-corrected chi connectivity index (χ0v) is 16.5. The quantitative estimate of drug-likeness (QED) is 0.652. The van der Waals surface area contributed by atoms with Gasteiger partial charge < -0.3 is 10.1 Å². The zero-order valence-electron chi connectivity index (χ0n) is 14.9. The third kappa shape index (κ3) is 7.56. The molecule has 0 saturated carbocycles. The van der Waals surface area contributed by atoms with E-state index in [-0.39, 0.29) is 17.3 Å². The van der Waals surface area contributed by atoms with Crippen LogP contribution in [-0.4, -0.2) is 46.0 Å². The van der Waals surface area contributed by atoms with Gasteiger partial charge in [-0.2, -0.15) is 0 Å². The molecule has 0 fully saturated rings. The van der Waals surface area contributed by atoms with Crippen molar-refractivity contribution in [3.8, 4) is 5.75 Å². The highest BCUT2D eigenvalue weighted by Gasteiger charge is 2.09. The number of ether oxygens (including phenoxy) is 1. The van der Waals surface area contributed by atoms with Crippen molar-refractivity contribution in [2.45, 2.75) is 11.4 Å². The fourth-order valence-corrected chi connectivity index (χ4v) is 2.87. The first-order valence-corrected chi connectivity index (χ1v) is 10.1. The predicted molar refractivity (Wildman–Crippen MR) is 104 cm³/mol. The number of hydrogen-bond acceptors (Lipinski definition) is 5. The molecule has 0 radical (unpaired) electrons. The van der Waals surface area contributed by atoms with Crippen LogP contribution in [0.1, 0.15) is 5.56 Å². The molecule has 0 aliphatic carbocycles. The van der Waals surface area contributed by atoms with Crippen LogP contribution in [0.5, 0.6) is 5.75 Å². The molecule has 0 aromatic heterocycles. The van der Waals surface area contributed by atoms with E-state index >= 15 is 0 Å². The second-order valence-electron chi connectivity index (χ2n) is 6.01. The van der Waals surface area contributed by atoms with Crippen LogP contribution in [-0.2, 0) is 21.4 Å². The van der Waals surface area contributed by atoms with Crippen LogP contribution >= 0.6 is 11.6 Å². The number of amides is 1. The second kappa shape index (κ2) is 9.70. The van der Waals surface area contributed by atoms with E-state index in [1.165, 1.54) is 12.1 Å². The Bertz CT molecular complexity index is 855. The van der Waals surface area contributed by atoms with Crippen LogP contribution in [0.4, 0.5) is 0 Å². The number of benzene rings is 2. The van der Waals surface area contributed by atoms with Gasteiger partial charge in [-0.1, -0.05) is 23.7 Å². The molecule has 1 amide bonds. The normalized spacial score (nSPS) is 11.4. The highest BCUT2D eigenvalue weighted by Crippen LogP contribution is 2.15.